The fraction of sp³-hybridized carbons (Fsp3) is 0.500. The normalized spacial score (nSPS) is 22.1. The van der Waals surface area contributed by atoms with E-state index in [4.69, 9.17) is 0 Å². The van der Waals surface area contributed by atoms with Crippen molar-refractivity contribution in [3.05, 3.63) is 11.8 Å². The zero-order valence-electron chi connectivity index (χ0n) is 11.6. The van der Waals surface area contributed by atoms with Gasteiger partial charge in [0.25, 0.3) is 5.91 Å². The maximum atomic E-state index is 12.1. The number of nitrogens with one attached hydrogen (secondary N) is 3. The first kappa shape index (κ1) is 14.0. The van der Waals surface area contributed by atoms with Gasteiger partial charge in [-0.1, -0.05) is 6.92 Å². The summed E-state index contributed by atoms with van der Waals surface area (Å²) < 4.78 is 0. The molecule has 3 N–H and O–H groups in total. The number of hydrogen-bond donors (Lipinski definition) is 3. The lowest BCUT2D eigenvalue weighted by Crippen LogP contribution is -2.44. The van der Waals surface area contributed by atoms with E-state index in [-0.39, 0.29) is 6.54 Å². The highest BCUT2D eigenvalue weighted by Crippen LogP contribution is 2.20. The van der Waals surface area contributed by atoms with Gasteiger partial charge in [0.1, 0.15) is 12.1 Å². The van der Waals surface area contributed by atoms with Gasteiger partial charge in [-0.15, -0.1) is 0 Å². The first-order chi connectivity index (χ1) is 9.35. The van der Waals surface area contributed by atoms with Gasteiger partial charge in [0.2, 0.25) is 5.91 Å². The van der Waals surface area contributed by atoms with Crippen molar-refractivity contribution in [1.29, 1.82) is 0 Å². The summed E-state index contributed by atoms with van der Waals surface area (Å²) >= 11 is 0. The molecule has 8 heteroatoms. The van der Waals surface area contributed by atoms with E-state index in [0.29, 0.717) is 12.2 Å². The number of aromatic nitrogens is 2. The van der Waals surface area contributed by atoms with Crippen LogP contribution in [0, 0.1) is 6.92 Å². The van der Waals surface area contributed by atoms with E-state index in [0.717, 1.165) is 10.6 Å². The Hall–Kier alpha value is -2.38. The SMILES string of the molecule is CCC1(C)NC(=O)N(CC(=O)Nc2cc(C)[nH]n2)C1=O. The Morgan fingerprint density at radius 2 is 2.20 bits per heavy atom. The molecule has 0 spiro atoms. The van der Waals surface area contributed by atoms with Crippen molar-refractivity contribution in [1.82, 2.24) is 20.4 Å². The molecule has 0 bridgehead atoms. The standard InChI is InChI=1S/C12H17N5O3/c1-4-12(3)10(19)17(11(20)14-12)6-9(18)13-8-5-7(2)15-16-8/h5H,4,6H2,1-3H3,(H,14,20)(H2,13,15,16,18). The number of rotatable bonds is 4. The van der Waals surface area contributed by atoms with Crippen LogP contribution >= 0.6 is 0 Å². The fourth-order valence-electron chi connectivity index (χ4n) is 1.94. The van der Waals surface area contributed by atoms with Crippen molar-refractivity contribution in [3.8, 4) is 0 Å². The van der Waals surface area contributed by atoms with Crippen LogP contribution in [-0.2, 0) is 9.59 Å². The summed E-state index contributed by atoms with van der Waals surface area (Å²) in [6.45, 7) is 4.91. The van der Waals surface area contributed by atoms with Crippen molar-refractivity contribution in [2.24, 2.45) is 0 Å². The summed E-state index contributed by atoms with van der Waals surface area (Å²) in [6.07, 6.45) is 0.467. The van der Waals surface area contributed by atoms with Crippen LogP contribution in [0.15, 0.2) is 6.07 Å². The molecule has 8 nitrogen and oxygen atoms in total. The number of nitrogens with zero attached hydrogens (tertiary/aromatic N) is 2. The first-order valence-electron chi connectivity index (χ1n) is 6.31. The first-order valence-corrected chi connectivity index (χ1v) is 6.31. The highest BCUT2D eigenvalue weighted by molar-refractivity contribution is 6.09. The van der Waals surface area contributed by atoms with Crippen molar-refractivity contribution in [2.75, 3.05) is 11.9 Å². The zero-order chi connectivity index (χ0) is 14.9. The molecule has 2 rings (SSSR count). The van der Waals surface area contributed by atoms with Gasteiger partial charge in [-0.2, -0.15) is 5.10 Å². The number of carbonyl (C=O) groups is 3. The molecule has 1 aliphatic rings. The van der Waals surface area contributed by atoms with Gasteiger partial charge >= 0.3 is 6.03 Å². The number of hydrogen-bond acceptors (Lipinski definition) is 4. The van der Waals surface area contributed by atoms with Crippen LogP contribution in [0.4, 0.5) is 10.6 Å². The molecule has 1 aliphatic heterocycles. The minimum absolute atomic E-state index is 0.327. The van der Waals surface area contributed by atoms with Crippen LogP contribution in [0.1, 0.15) is 26.0 Å². The van der Waals surface area contributed by atoms with E-state index in [2.05, 4.69) is 20.8 Å². The average molecular weight is 279 g/mol. The van der Waals surface area contributed by atoms with E-state index in [1.807, 2.05) is 0 Å². The number of H-pyrrole nitrogens is 1. The Kier molecular flexibility index (Phi) is 3.47. The third-order valence-corrected chi connectivity index (χ3v) is 3.33. The molecule has 1 unspecified atom stereocenters. The Morgan fingerprint density at radius 3 is 2.70 bits per heavy atom. The van der Waals surface area contributed by atoms with E-state index >= 15 is 0 Å². The number of imide groups is 1. The highest BCUT2D eigenvalue weighted by Gasteiger charge is 2.46. The molecule has 1 aromatic heterocycles. The molecule has 1 aromatic rings. The van der Waals surface area contributed by atoms with Crippen LogP contribution in [0.25, 0.3) is 0 Å². The van der Waals surface area contributed by atoms with Gasteiger partial charge in [0.05, 0.1) is 0 Å². The summed E-state index contributed by atoms with van der Waals surface area (Å²) in [5.74, 6) is -0.503. The molecule has 0 radical (unpaired) electrons. The minimum Gasteiger partial charge on any atom is -0.323 e. The summed E-state index contributed by atoms with van der Waals surface area (Å²) in [7, 11) is 0. The van der Waals surface area contributed by atoms with Crippen LogP contribution in [0.3, 0.4) is 0 Å². The molecule has 20 heavy (non-hydrogen) atoms. The molecule has 1 saturated heterocycles. The molecule has 108 valence electrons. The average Bonchev–Trinajstić information content (AvgIpc) is 2.87. The summed E-state index contributed by atoms with van der Waals surface area (Å²) in [6, 6.07) is 1.10. The van der Waals surface area contributed by atoms with E-state index in [9.17, 15) is 14.4 Å². The van der Waals surface area contributed by atoms with Crippen LogP contribution in [0.5, 0.6) is 0 Å². The molecular formula is C12H17N5O3. The minimum atomic E-state index is -0.930. The van der Waals surface area contributed by atoms with Crippen LogP contribution < -0.4 is 10.6 Å². The van der Waals surface area contributed by atoms with Gasteiger partial charge in [0.15, 0.2) is 5.82 Å². The molecule has 2 heterocycles. The van der Waals surface area contributed by atoms with Crippen molar-refractivity contribution in [3.63, 3.8) is 0 Å². The lowest BCUT2D eigenvalue weighted by molar-refractivity contribution is -0.133. The largest absolute Gasteiger partial charge is 0.325 e. The smallest absolute Gasteiger partial charge is 0.323 e. The van der Waals surface area contributed by atoms with E-state index in [1.54, 1.807) is 26.8 Å². The van der Waals surface area contributed by atoms with Crippen molar-refractivity contribution >= 4 is 23.7 Å². The third kappa shape index (κ3) is 2.49. The van der Waals surface area contributed by atoms with Gasteiger partial charge in [-0.25, -0.2) is 4.79 Å². The molecular weight excluding hydrogens is 262 g/mol. The Morgan fingerprint density at radius 1 is 1.50 bits per heavy atom. The summed E-state index contributed by atoms with van der Waals surface area (Å²) in [5, 5.41) is 11.6. The molecule has 0 aromatic carbocycles. The molecule has 1 atom stereocenters. The van der Waals surface area contributed by atoms with Crippen molar-refractivity contribution in [2.45, 2.75) is 32.7 Å². The van der Waals surface area contributed by atoms with Gasteiger partial charge in [-0.05, 0) is 20.3 Å². The van der Waals surface area contributed by atoms with E-state index < -0.39 is 23.4 Å². The number of urea groups is 1. The van der Waals surface area contributed by atoms with Gasteiger partial charge in [0, 0.05) is 11.8 Å². The quantitative estimate of drug-likeness (QED) is 0.692. The highest BCUT2D eigenvalue weighted by atomic mass is 16.2. The number of aromatic amines is 1. The van der Waals surface area contributed by atoms with Gasteiger partial charge < -0.3 is 10.6 Å². The monoisotopic (exact) mass is 279 g/mol. The lowest BCUT2D eigenvalue weighted by atomic mass is 9.99. The Labute approximate surface area is 115 Å². The maximum absolute atomic E-state index is 12.1. The summed E-state index contributed by atoms with van der Waals surface area (Å²) in [5.41, 5.74) is -0.130. The van der Waals surface area contributed by atoms with E-state index in [1.165, 1.54) is 0 Å². The second kappa shape index (κ2) is 4.95. The Balaban J connectivity index is 2.01. The fourth-order valence-corrected chi connectivity index (χ4v) is 1.94. The topological polar surface area (TPSA) is 107 Å². The number of anilines is 1. The molecule has 4 amide bonds. The summed E-state index contributed by atoms with van der Waals surface area (Å²) in [4.78, 5) is 36.6. The zero-order valence-corrected chi connectivity index (χ0v) is 11.6. The number of amides is 4. The van der Waals surface area contributed by atoms with Crippen LogP contribution in [-0.4, -0.2) is 45.0 Å². The Bertz CT molecular complexity index is 567. The predicted molar refractivity (Wildman–Crippen MR) is 70.9 cm³/mol. The second-order valence-electron chi connectivity index (χ2n) is 4.99. The predicted octanol–water partition coefficient (Wildman–Crippen LogP) is 0.377. The lowest BCUT2D eigenvalue weighted by Gasteiger charge is -2.18. The van der Waals surface area contributed by atoms with Crippen molar-refractivity contribution < 1.29 is 14.4 Å². The molecule has 0 saturated carbocycles. The second-order valence-corrected chi connectivity index (χ2v) is 4.99. The molecule has 1 fully saturated rings. The third-order valence-electron chi connectivity index (χ3n) is 3.33. The van der Waals surface area contributed by atoms with Gasteiger partial charge in [-0.3, -0.25) is 19.6 Å². The maximum Gasteiger partial charge on any atom is 0.325 e. The number of carbonyl (C=O) groups excluding carboxylic acids is 3. The van der Waals surface area contributed by atoms with Crippen LogP contribution in [0.2, 0.25) is 0 Å². The molecule has 0 aliphatic carbocycles. The number of aryl methyl sites for hydroxylation is 1.